The molecule has 0 aliphatic heterocycles. The molecule has 0 saturated carbocycles. The quantitative estimate of drug-likeness (QED) is 0.544. The van der Waals surface area contributed by atoms with E-state index in [0.29, 0.717) is 9.23 Å². The van der Waals surface area contributed by atoms with Gasteiger partial charge in [-0.2, -0.15) is 0 Å². The summed E-state index contributed by atoms with van der Waals surface area (Å²) in [7, 11) is 0. The van der Waals surface area contributed by atoms with Crippen LogP contribution in [0, 0.1) is 6.92 Å². The van der Waals surface area contributed by atoms with Gasteiger partial charge >= 0.3 is 29.6 Å². The van der Waals surface area contributed by atoms with E-state index in [1.54, 1.807) is 19.1 Å². The average molecular weight is 269 g/mol. The number of halogens is 1. The minimum absolute atomic E-state index is 0. The van der Waals surface area contributed by atoms with Crippen molar-refractivity contribution >= 4 is 44.1 Å². The van der Waals surface area contributed by atoms with E-state index in [4.69, 9.17) is 11.6 Å². The first kappa shape index (κ1) is 13.6. The Morgan fingerprint density at radius 2 is 2.13 bits per heavy atom. The monoisotopic (exact) mass is 268 g/mol. The molecule has 0 N–H and O–H groups in total. The molecule has 1 atom stereocenters. The van der Waals surface area contributed by atoms with Crippen molar-refractivity contribution in [1.82, 2.24) is 0 Å². The summed E-state index contributed by atoms with van der Waals surface area (Å²) in [6.45, 7) is 1.80. The fourth-order valence-corrected chi connectivity index (χ4v) is 3.45. The predicted molar refractivity (Wildman–Crippen MR) is 58.8 cm³/mol. The Balaban J connectivity index is 0.00000112. The molecule has 6 heteroatoms. The average Bonchev–Trinajstić information content (AvgIpc) is 2.43. The zero-order valence-corrected chi connectivity index (χ0v) is 12.6. The topological polar surface area (TPSA) is 40.1 Å². The van der Waals surface area contributed by atoms with E-state index in [2.05, 4.69) is 0 Å². The summed E-state index contributed by atoms with van der Waals surface area (Å²) in [4.78, 5) is 0. The van der Waals surface area contributed by atoms with E-state index in [1.165, 1.54) is 11.3 Å². The third kappa shape index (κ3) is 2.64. The summed E-state index contributed by atoms with van der Waals surface area (Å²) < 4.78 is 23.0. The van der Waals surface area contributed by atoms with Gasteiger partial charge in [0.1, 0.15) is 0 Å². The number of rotatable bonds is 1. The fourth-order valence-electron chi connectivity index (χ4n) is 1.34. The summed E-state index contributed by atoms with van der Waals surface area (Å²) in [5, 5.41) is 1.58. The molecule has 0 aliphatic rings. The number of fused-ring (bicyclic) bond motifs is 1. The molecule has 0 fully saturated rings. The van der Waals surface area contributed by atoms with Gasteiger partial charge in [-0.3, -0.25) is 4.21 Å². The molecule has 0 aliphatic carbocycles. The van der Waals surface area contributed by atoms with Crippen molar-refractivity contribution < 1.29 is 38.3 Å². The van der Waals surface area contributed by atoms with Gasteiger partial charge in [0.15, 0.2) is 0 Å². The third-order valence-corrected chi connectivity index (χ3v) is 4.56. The van der Waals surface area contributed by atoms with Crippen molar-refractivity contribution in [3.8, 4) is 0 Å². The Kier molecular flexibility index (Phi) is 4.80. The Morgan fingerprint density at radius 1 is 1.47 bits per heavy atom. The summed E-state index contributed by atoms with van der Waals surface area (Å²) in [6.07, 6.45) is 0. The minimum atomic E-state index is -2.15. The molecule has 2 rings (SSSR count). The Labute approximate surface area is 121 Å². The molecule has 1 aromatic heterocycles. The van der Waals surface area contributed by atoms with Crippen LogP contribution in [0.25, 0.3) is 10.1 Å². The largest absolute Gasteiger partial charge is 1.00 e. The zero-order valence-electron chi connectivity index (χ0n) is 8.24. The first-order chi connectivity index (χ1) is 6.59. The van der Waals surface area contributed by atoms with E-state index in [-0.39, 0.29) is 29.6 Å². The van der Waals surface area contributed by atoms with Gasteiger partial charge in [-0.05, 0) is 41.1 Å². The van der Waals surface area contributed by atoms with E-state index < -0.39 is 11.1 Å². The smallest absolute Gasteiger partial charge is 0.768 e. The van der Waals surface area contributed by atoms with Gasteiger partial charge in [0.25, 0.3) is 0 Å². The van der Waals surface area contributed by atoms with Crippen LogP contribution in [0.3, 0.4) is 0 Å². The van der Waals surface area contributed by atoms with Crippen LogP contribution < -0.4 is 29.6 Å². The van der Waals surface area contributed by atoms with E-state index in [0.717, 1.165) is 15.6 Å². The van der Waals surface area contributed by atoms with E-state index in [1.807, 2.05) is 6.07 Å². The molecular weight excluding hydrogens is 263 g/mol. The fraction of sp³-hybridized carbons (Fsp3) is 0.111. The minimum Gasteiger partial charge on any atom is -0.768 e. The molecule has 0 saturated heterocycles. The first-order valence-electron chi connectivity index (χ1n) is 3.87. The molecule has 0 radical (unpaired) electrons. The molecule has 15 heavy (non-hydrogen) atoms. The third-order valence-electron chi connectivity index (χ3n) is 2.01. The van der Waals surface area contributed by atoms with Crippen molar-refractivity contribution in [2.75, 3.05) is 0 Å². The van der Waals surface area contributed by atoms with Crippen molar-refractivity contribution in [2.24, 2.45) is 0 Å². The number of thiophene rings is 1. The van der Waals surface area contributed by atoms with Crippen LogP contribution in [0.5, 0.6) is 0 Å². The van der Waals surface area contributed by atoms with Crippen LogP contribution in [0.15, 0.2) is 22.4 Å². The normalized spacial score (nSPS) is 12.5. The van der Waals surface area contributed by atoms with Crippen LogP contribution in [0.4, 0.5) is 0 Å². The van der Waals surface area contributed by atoms with Crippen LogP contribution in [0.2, 0.25) is 5.02 Å². The van der Waals surface area contributed by atoms with E-state index in [9.17, 15) is 8.76 Å². The molecule has 2 aromatic rings. The maximum Gasteiger partial charge on any atom is 1.00 e. The number of aryl methyl sites for hydroxylation is 1. The molecular formula is C9H6ClNaO2S2. The van der Waals surface area contributed by atoms with Crippen molar-refractivity contribution in [2.45, 2.75) is 11.1 Å². The molecule has 1 heterocycles. The Morgan fingerprint density at radius 3 is 2.73 bits per heavy atom. The van der Waals surface area contributed by atoms with Crippen LogP contribution in [0.1, 0.15) is 5.56 Å². The van der Waals surface area contributed by atoms with Gasteiger partial charge in [-0.1, -0.05) is 17.7 Å². The maximum atomic E-state index is 10.9. The molecule has 0 bridgehead atoms. The van der Waals surface area contributed by atoms with Crippen LogP contribution in [-0.2, 0) is 11.1 Å². The summed E-state index contributed by atoms with van der Waals surface area (Å²) in [5.74, 6) is 0. The van der Waals surface area contributed by atoms with Crippen LogP contribution >= 0.6 is 22.9 Å². The summed E-state index contributed by atoms with van der Waals surface area (Å²) >= 11 is 4.91. The van der Waals surface area contributed by atoms with Crippen molar-refractivity contribution in [3.05, 3.63) is 28.8 Å². The number of benzene rings is 1. The summed E-state index contributed by atoms with van der Waals surface area (Å²) in [5.41, 5.74) is 0.801. The van der Waals surface area contributed by atoms with Crippen molar-refractivity contribution in [1.29, 1.82) is 0 Å². The Hall–Kier alpha value is 0.580. The second-order valence-corrected chi connectivity index (χ2v) is 5.51. The first-order valence-corrected chi connectivity index (χ1v) is 6.14. The van der Waals surface area contributed by atoms with Gasteiger partial charge < -0.3 is 4.55 Å². The van der Waals surface area contributed by atoms with Crippen LogP contribution in [-0.4, -0.2) is 8.76 Å². The molecule has 74 valence electrons. The number of hydrogen-bond donors (Lipinski definition) is 0. The van der Waals surface area contributed by atoms with Gasteiger partial charge in [0.05, 0.1) is 4.21 Å². The number of hydrogen-bond acceptors (Lipinski definition) is 3. The van der Waals surface area contributed by atoms with Gasteiger partial charge in [-0.15, -0.1) is 11.3 Å². The van der Waals surface area contributed by atoms with Gasteiger partial charge in [-0.25, -0.2) is 0 Å². The Bertz CT molecular complexity index is 524. The molecule has 2 nitrogen and oxygen atoms in total. The van der Waals surface area contributed by atoms with Crippen molar-refractivity contribution in [3.63, 3.8) is 0 Å². The van der Waals surface area contributed by atoms with Gasteiger partial charge in [0, 0.05) is 9.72 Å². The summed E-state index contributed by atoms with van der Waals surface area (Å²) in [6, 6.07) is 5.39. The zero-order chi connectivity index (χ0) is 10.3. The molecule has 0 spiro atoms. The second kappa shape index (κ2) is 5.27. The standard InChI is InChI=1S/C9H7ClO2S2.Na/c1-5-7-3-2-6(10)4-8(7)13-9(5)14(11)12;/h2-4H,1H3,(H,11,12);/q;+1/p-1. The predicted octanol–water partition coefficient (Wildman–Crippen LogP) is 0.105. The molecule has 1 unspecified atom stereocenters. The second-order valence-electron chi connectivity index (χ2n) is 2.89. The van der Waals surface area contributed by atoms with Gasteiger partial charge in [0.2, 0.25) is 0 Å². The molecule has 0 amide bonds. The maximum absolute atomic E-state index is 10.9. The SMILES string of the molecule is Cc1c(S(=O)[O-])sc2cc(Cl)ccc12.[Na+]. The van der Waals surface area contributed by atoms with E-state index >= 15 is 0 Å². The molecule has 1 aromatic carbocycles.